The molecule has 0 aliphatic heterocycles. The predicted octanol–water partition coefficient (Wildman–Crippen LogP) is 5.92. The minimum Gasteiger partial charge on any atom is -0.494 e. The molecule has 0 saturated heterocycles. The summed E-state index contributed by atoms with van der Waals surface area (Å²) in [7, 11) is 0. The lowest BCUT2D eigenvalue weighted by atomic mass is 10.1. The number of nitrogens with zero attached hydrogens (tertiary/aromatic N) is 1. The van der Waals surface area contributed by atoms with Crippen molar-refractivity contribution in [1.82, 2.24) is 4.98 Å². The average Bonchev–Trinajstić information content (AvgIpc) is 3.12. The Morgan fingerprint density at radius 2 is 1.89 bits per heavy atom. The van der Waals surface area contributed by atoms with Gasteiger partial charge in [0.25, 0.3) is 5.91 Å². The number of fused-ring (bicyclic) bond motifs is 1. The highest BCUT2D eigenvalue weighted by Crippen LogP contribution is 2.31. The van der Waals surface area contributed by atoms with E-state index >= 15 is 0 Å². The van der Waals surface area contributed by atoms with Crippen molar-refractivity contribution in [2.45, 2.75) is 13.8 Å². The topological polar surface area (TPSA) is 51.2 Å². The van der Waals surface area contributed by atoms with E-state index in [-0.39, 0.29) is 5.91 Å². The second-order valence-corrected chi connectivity index (χ2v) is 7.51. The van der Waals surface area contributed by atoms with Crippen LogP contribution in [0.15, 0.2) is 66.7 Å². The van der Waals surface area contributed by atoms with Gasteiger partial charge in [0.05, 0.1) is 16.8 Å². The number of amides is 1. The maximum atomic E-state index is 12.5. The minimum absolute atomic E-state index is 0.162. The zero-order valence-corrected chi connectivity index (χ0v) is 16.5. The van der Waals surface area contributed by atoms with Crippen LogP contribution in [0, 0.1) is 6.92 Å². The Labute approximate surface area is 167 Å². The van der Waals surface area contributed by atoms with E-state index in [1.54, 1.807) is 23.5 Å². The summed E-state index contributed by atoms with van der Waals surface area (Å²) in [4.78, 5) is 17.2. The normalized spacial score (nSPS) is 10.8. The van der Waals surface area contributed by atoms with Crippen LogP contribution in [0.5, 0.6) is 5.75 Å². The first kappa shape index (κ1) is 18.2. The maximum Gasteiger partial charge on any atom is 0.255 e. The number of carbonyl (C=O) groups is 1. The predicted molar refractivity (Wildman–Crippen MR) is 115 cm³/mol. The second-order valence-electron chi connectivity index (χ2n) is 6.48. The Morgan fingerprint density at radius 1 is 1.07 bits per heavy atom. The SMILES string of the molecule is CCOc1cccc(C(=O)Nc2ccc(-c3nc4ccc(C)cc4s3)cc2)c1. The fourth-order valence-electron chi connectivity index (χ4n) is 2.95. The molecule has 1 aromatic heterocycles. The number of rotatable bonds is 5. The van der Waals surface area contributed by atoms with Crippen molar-refractivity contribution in [2.75, 3.05) is 11.9 Å². The van der Waals surface area contributed by atoms with E-state index in [1.807, 2.05) is 43.3 Å². The number of carbonyl (C=O) groups excluding carboxylic acids is 1. The molecular weight excluding hydrogens is 368 g/mol. The van der Waals surface area contributed by atoms with Crippen molar-refractivity contribution in [3.05, 3.63) is 77.9 Å². The minimum atomic E-state index is -0.162. The smallest absolute Gasteiger partial charge is 0.255 e. The first-order valence-electron chi connectivity index (χ1n) is 9.14. The average molecular weight is 388 g/mol. The molecular formula is C23H20N2O2S. The van der Waals surface area contributed by atoms with Crippen LogP contribution >= 0.6 is 11.3 Å². The van der Waals surface area contributed by atoms with Crippen LogP contribution in [0.25, 0.3) is 20.8 Å². The van der Waals surface area contributed by atoms with E-state index in [0.29, 0.717) is 17.9 Å². The Bertz CT molecular complexity index is 1130. The van der Waals surface area contributed by atoms with Gasteiger partial charge in [0, 0.05) is 16.8 Å². The van der Waals surface area contributed by atoms with Crippen molar-refractivity contribution in [1.29, 1.82) is 0 Å². The molecule has 4 aromatic rings. The molecule has 1 heterocycles. The summed E-state index contributed by atoms with van der Waals surface area (Å²) in [5.74, 6) is 0.529. The number of hydrogen-bond donors (Lipinski definition) is 1. The second kappa shape index (κ2) is 7.82. The van der Waals surface area contributed by atoms with Gasteiger partial charge >= 0.3 is 0 Å². The molecule has 0 spiro atoms. The van der Waals surface area contributed by atoms with E-state index < -0.39 is 0 Å². The fraction of sp³-hybridized carbons (Fsp3) is 0.130. The summed E-state index contributed by atoms with van der Waals surface area (Å²) < 4.78 is 6.64. The molecule has 28 heavy (non-hydrogen) atoms. The molecule has 0 bridgehead atoms. The number of nitrogens with one attached hydrogen (secondary N) is 1. The van der Waals surface area contributed by atoms with Gasteiger partial charge in [0.1, 0.15) is 10.8 Å². The van der Waals surface area contributed by atoms with Crippen LogP contribution in [-0.2, 0) is 0 Å². The molecule has 0 fully saturated rings. The molecule has 0 unspecified atom stereocenters. The van der Waals surface area contributed by atoms with Gasteiger partial charge in [-0.2, -0.15) is 0 Å². The lowest BCUT2D eigenvalue weighted by Gasteiger charge is -2.08. The van der Waals surface area contributed by atoms with Gasteiger partial charge in [-0.25, -0.2) is 4.98 Å². The van der Waals surface area contributed by atoms with E-state index in [9.17, 15) is 4.79 Å². The van der Waals surface area contributed by atoms with Crippen molar-refractivity contribution in [3.8, 4) is 16.3 Å². The molecule has 4 rings (SSSR count). The highest BCUT2D eigenvalue weighted by Gasteiger charge is 2.09. The monoisotopic (exact) mass is 388 g/mol. The number of hydrogen-bond acceptors (Lipinski definition) is 4. The molecule has 140 valence electrons. The van der Waals surface area contributed by atoms with Gasteiger partial charge in [0.15, 0.2) is 0 Å². The Hall–Kier alpha value is -3.18. The zero-order valence-electron chi connectivity index (χ0n) is 15.7. The van der Waals surface area contributed by atoms with E-state index in [0.717, 1.165) is 21.8 Å². The Morgan fingerprint density at radius 3 is 2.68 bits per heavy atom. The summed E-state index contributed by atoms with van der Waals surface area (Å²) >= 11 is 1.68. The molecule has 4 nitrogen and oxygen atoms in total. The number of aryl methyl sites for hydroxylation is 1. The van der Waals surface area contributed by atoms with E-state index in [2.05, 4.69) is 30.4 Å². The molecule has 5 heteroatoms. The summed E-state index contributed by atoms with van der Waals surface area (Å²) in [5, 5.41) is 3.90. The summed E-state index contributed by atoms with van der Waals surface area (Å²) in [5.41, 5.74) is 4.59. The number of thiazole rings is 1. The highest BCUT2D eigenvalue weighted by molar-refractivity contribution is 7.21. The largest absolute Gasteiger partial charge is 0.494 e. The van der Waals surface area contributed by atoms with Crippen molar-refractivity contribution >= 4 is 33.1 Å². The van der Waals surface area contributed by atoms with Gasteiger partial charge in [0.2, 0.25) is 0 Å². The van der Waals surface area contributed by atoms with Gasteiger partial charge in [-0.1, -0.05) is 12.1 Å². The molecule has 0 saturated carbocycles. The van der Waals surface area contributed by atoms with Crippen LogP contribution in [0.2, 0.25) is 0 Å². The van der Waals surface area contributed by atoms with Crippen LogP contribution in [-0.4, -0.2) is 17.5 Å². The van der Waals surface area contributed by atoms with Crippen molar-refractivity contribution < 1.29 is 9.53 Å². The maximum absolute atomic E-state index is 12.5. The van der Waals surface area contributed by atoms with Crippen LogP contribution in [0.3, 0.4) is 0 Å². The van der Waals surface area contributed by atoms with Crippen LogP contribution in [0.1, 0.15) is 22.8 Å². The number of benzene rings is 3. The summed E-state index contributed by atoms with van der Waals surface area (Å²) in [6.07, 6.45) is 0. The van der Waals surface area contributed by atoms with Crippen molar-refractivity contribution in [3.63, 3.8) is 0 Å². The number of aromatic nitrogens is 1. The first-order valence-corrected chi connectivity index (χ1v) is 9.96. The van der Waals surface area contributed by atoms with Crippen molar-refractivity contribution in [2.24, 2.45) is 0 Å². The molecule has 1 amide bonds. The molecule has 0 radical (unpaired) electrons. The molecule has 0 aliphatic carbocycles. The third-order valence-electron chi connectivity index (χ3n) is 4.34. The van der Waals surface area contributed by atoms with E-state index in [4.69, 9.17) is 9.72 Å². The summed E-state index contributed by atoms with van der Waals surface area (Å²) in [6, 6.07) is 21.2. The van der Waals surface area contributed by atoms with Crippen LogP contribution in [0.4, 0.5) is 5.69 Å². The lowest BCUT2D eigenvalue weighted by molar-refractivity contribution is 0.102. The van der Waals surface area contributed by atoms with E-state index in [1.165, 1.54) is 10.3 Å². The number of anilines is 1. The first-order chi connectivity index (χ1) is 13.6. The standard InChI is InChI=1S/C23H20N2O2S/c1-3-27-19-6-4-5-17(14-19)22(26)24-18-10-8-16(9-11-18)23-25-20-12-7-15(2)13-21(20)28-23/h4-14H,3H2,1-2H3,(H,24,26). The van der Waals surface area contributed by atoms with Gasteiger partial charge in [-0.15, -0.1) is 11.3 Å². The quantitative estimate of drug-likeness (QED) is 0.461. The summed E-state index contributed by atoms with van der Waals surface area (Å²) in [6.45, 7) is 4.57. The van der Waals surface area contributed by atoms with Gasteiger partial charge < -0.3 is 10.1 Å². The molecule has 0 atom stereocenters. The molecule has 1 N–H and O–H groups in total. The fourth-order valence-corrected chi connectivity index (χ4v) is 4.02. The van der Waals surface area contributed by atoms with Crippen LogP contribution < -0.4 is 10.1 Å². The lowest BCUT2D eigenvalue weighted by Crippen LogP contribution is -2.11. The van der Waals surface area contributed by atoms with Gasteiger partial charge in [-0.05, 0) is 74.0 Å². The van der Waals surface area contributed by atoms with Gasteiger partial charge in [-0.3, -0.25) is 4.79 Å². The third kappa shape index (κ3) is 3.89. The number of ether oxygens (including phenoxy) is 1. The highest BCUT2D eigenvalue weighted by atomic mass is 32.1. The Balaban J connectivity index is 1.51. The molecule has 3 aromatic carbocycles. The molecule has 0 aliphatic rings. The Kier molecular flexibility index (Phi) is 5.08. The third-order valence-corrected chi connectivity index (χ3v) is 5.41. The zero-order chi connectivity index (χ0) is 19.5.